The van der Waals surface area contributed by atoms with Gasteiger partial charge in [0.2, 0.25) is 0 Å². The number of oxime groups is 1. The average molecular weight is 342 g/mol. The van der Waals surface area contributed by atoms with E-state index in [1.54, 1.807) is 24.1 Å². The highest BCUT2D eigenvalue weighted by Crippen LogP contribution is 2.31. The molecule has 1 aromatic carbocycles. The van der Waals surface area contributed by atoms with Crippen molar-refractivity contribution in [2.45, 2.75) is 12.6 Å². The van der Waals surface area contributed by atoms with E-state index in [0.717, 1.165) is 12.1 Å². The molecule has 0 unspecified atom stereocenters. The van der Waals surface area contributed by atoms with Gasteiger partial charge in [-0.2, -0.15) is 18.3 Å². The monoisotopic (exact) mass is 342 g/mol. The maximum Gasteiger partial charge on any atom is 0.416 e. The molecule has 0 spiro atoms. The van der Waals surface area contributed by atoms with Crippen molar-refractivity contribution in [2.75, 3.05) is 13.2 Å². The fraction of sp³-hybridized carbons (Fsp3) is 0.333. The van der Waals surface area contributed by atoms with E-state index in [-0.39, 0.29) is 24.8 Å². The summed E-state index contributed by atoms with van der Waals surface area (Å²) in [5.74, 6) is 0.352. The molecular weight excluding hydrogens is 325 g/mol. The summed E-state index contributed by atoms with van der Waals surface area (Å²) < 4.78 is 44.5. The Bertz CT molecular complexity index is 698. The number of halogens is 3. The minimum absolute atomic E-state index is 0.156. The van der Waals surface area contributed by atoms with Crippen molar-refractivity contribution in [3.8, 4) is 5.75 Å². The van der Waals surface area contributed by atoms with Gasteiger partial charge in [0.05, 0.1) is 23.9 Å². The Morgan fingerprint density at radius 2 is 2.12 bits per heavy atom. The number of hydrogen-bond acceptors (Lipinski definition) is 4. The summed E-state index contributed by atoms with van der Waals surface area (Å²) in [7, 11) is 1.75. The second kappa shape index (κ2) is 7.71. The van der Waals surface area contributed by atoms with Crippen LogP contribution >= 0.6 is 0 Å². The molecular formula is C15H17F3N4O2. The lowest BCUT2D eigenvalue weighted by molar-refractivity contribution is -0.137. The van der Waals surface area contributed by atoms with Crippen molar-refractivity contribution in [2.24, 2.45) is 17.9 Å². The predicted octanol–water partition coefficient (Wildman–Crippen LogP) is 2.54. The van der Waals surface area contributed by atoms with Crippen LogP contribution in [-0.4, -0.2) is 28.8 Å². The molecule has 0 aliphatic heterocycles. The predicted molar refractivity (Wildman–Crippen MR) is 81.4 cm³/mol. The number of aryl methyl sites for hydroxylation is 1. The Labute approximate surface area is 136 Å². The molecule has 9 heteroatoms. The fourth-order valence-electron chi connectivity index (χ4n) is 1.80. The molecule has 0 aliphatic rings. The largest absolute Gasteiger partial charge is 0.493 e. The topological polar surface area (TPSA) is 74.7 Å². The van der Waals surface area contributed by atoms with E-state index >= 15 is 0 Å². The Balaban J connectivity index is 1.72. The summed E-state index contributed by atoms with van der Waals surface area (Å²) in [4.78, 5) is 5.04. The van der Waals surface area contributed by atoms with Crippen LogP contribution in [0.5, 0.6) is 5.75 Å². The Hall–Kier alpha value is -2.71. The number of hydrogen-bond donors (Lipinski definition) is 1. The number of nitrogens with two attached hydrogens (primary N) is 1. The summed E-state index contributed by atoms with van der Waals surface area (Å²) in [6.45, 7) is 0.420. The first kappa shape index (κ1) is 17.6. The van der Waals surface area contributed by atoms with E-state index in [9.17, 15) is 13.2 Å². The van der Waals surface area contributed by atoms with Gasteiger partial charge in [0.25, 0.3) is 0 Å². The van der Waals surface area contributed by atoms with Gasteiger partial charge in [-0.3, -0.25) is 4.68 Å². The van der Waals surface area contributed by atoms with Gasteiger partial charge >= 0.3 is 6.18 Å². The van der Waals surface area contributed by atoms with Crippen LogP contribution in [0.4, 0.5) is 13.2 Å². The van der Waals surface area contributed by atoms with E-state index < -0.39 is 11.7 Å². The maximum absolute atomic E-state index is 12.6. The summed E-state index contributed by atoms with van der Waals surface area (Å²) in [5, 5.41) is 7.69. The molecule has 0 aliphatic carbocycles. The molecule has 24 heavy (non-hydrogen) atoms. The number of rotatable bonds is 7. The first-order valence-corrected chi connectivity index (χ1v) is 7.11. The summed E-state index contributed by atoms with van der Waals surface area (Å²) in [5.41, 5.74) is 5.60. The van der Waals surface area contributed by atoms with Gasteiger partial charge in [-0.15, -0.1) is 0 Å². The molecule has 0 amide bonds. The Morgan fingerprint density at radius 3 is 2.79 bits per heavy atom. The molecule has 0 saturated carbocycles. The van der Waals surface area contributed by atoms with E-state index in [1.807, 2.05) is 0 Å². The second-order valence-corrected chi connectivity index (χ2v) is 4.94. The van der Waals surface area contributed by atoms with Crippen LogP contribution < -0.4 is 10.5 Å². The van der Waals surface area contributed by atoms with Crippen LogP contribution in [0.3, 0.4) is 0 Å². The number of amidine groups is 1. The Morgan fingerprint density at radius 1 is 1.33 bits per heavy atom. The van der Waals surface area contributed by atoms with E-state index in [4.69, 9.17) is 15.3 Å². The summed E-state index contributed by atoms with van der Waals surface area (Å²) >= 11 is 0. The third kappa shape index (κ3) is 5.18. The second-order valence-electron chi connectivity index (χ2n) is 4.94. The summed E-state index contributed by atoms with van der Waals surface area (Å²) in [6, 6.07) is 4.72. The summed E-state index contributed by atoms with van der Waals surface area (Å²) in [6.07, 6.45) is -0.695. The third-order valence-corrected chi connectivity index (χ3v) is 2.97. The van der Waals surface area contributed by atoms with E-state index in [0.29, 0.717) is 12.0 Å². The minimum atomic E-state index is -4.39. The molecule has 130 valence electrons. The van der Waals surface area contributed by atoms with Gasteiger partial charge in [-0.1, -0.05) is 11.2 Å². The maximum atomic E-state index is 12.6. The normalized spacial score (nSPS) is 12.2. The van der Waals surface area contributed by atoms with Gasteiger partial charge in [-0.25, -0.2) is 0 Å². The zero-order valence-corrected chi connectivity index (χ0v) is 13.0. The number of ether oxygens (including phenoxy) is 1. The fourth-order valence-corrected chi connectivity index (χ4v) is 1.80. The lowest BCUT2D eigenvalue weighted by Gasteiger charge is -2.10. The van der Waals surface area contributed by atoms with Crippen molar-refractivity contribution in [1.82, 2.24) is 9.78 Å². The number of benzene rings is 1. The third-order valence-electron chi connectivity index (χ3n) is 2.97. The van der Waals surface area contributed by atoms with Crippen molar-refractivity contribution in [3.63, 3.8) is 0 Å². The van der Waals surface area contributed by atoms with Crippen LogP contribution in [0.15, 0.2) is 41.8 Å². The lowest BCUT2D eigenvalue weighted by atomic mass is 10.2. The van der Waals surface area contributed by atoms with Gasteiger partial charge < -0.3 is 15.3 Å². The van der Waals surface area contributed by atoms with Crippen molar-refractivity contribution < 1.29 is 22.7 Å². The molecule has 2 N–H and O–H groups in total. The van der Waals surface area contributed by atoms with Gasteiger partial charge in [-0.05, 0) is 18.2 Å². The van der Waals surface area contributed by atoms with Crippen LogP contribution in [-0.2, 0) is 18.1 Å². The van der Waals surface area contributed by atoms with Crippen LogP contribution in [0.1, 0.15) is 17.5 Å². The first-order chi connectivity index (χ1) is 11.4. The molecule has 0 fully saturated rings. The number of aromatic nitrogens is 2. The SMILES string of the molecule is Cn1cc(/C(N)=N/OCCCOc2cccc(C(F)(F)F)c2)cn1. The highest BCUT2D eigenvalue weighted by molar-refractivity contribution is 5.96. The van der Waals surface area contributed by atoms with Crippen LogP contribution in [0.25, 0.3) is 0 Å². The molecule has 1 aromatic heterocycles. The molecule has 0 saturated heterocycles. The molecule has 2 rings (SSSR count). The highest BCUT2D eigenvalue weighted by atomic mass is 19.4. The number of nitrogens with zero attached hydrogens (tertiary/aromatic N) is 3. The standard InChI is InChI=1S/C15H17F3N4O2/c1-22-10-11(9-20-22)14(19)21-24-7-3-6-23-13-5-2-4-12(8-13)15(16,17)18/h2,4-5,8-10H,3,6-7H2,1H3,(H2,19,21). The first-order valence-electron chi connectivity index (χ1n) is 7.11. The Kier molecular flexibility index (Phi) is 5.67. The quantitative estimate of drug-likeness (QED) is 0.363. The van der Waals surface area contributed by atoms with Crippen molar-refractivity contribution in [3.05, 3.63) is 47.8 Å². The van der Waals surface area contributed by atoms with Gasteiger partial charge in [0, 0.05) is 19.7 Å². The zero-order chi connectivity index (χ0) is 17.6. The molecule has 2 aromatic rings. The molecule has 1 heterocycles. The van der Waals surface area contributed by atoms with Crippen molar-refractivity contribution in [1.29, 1.82) is 0 Å². The van der Waals surface area contributed by atoms with Crippen molar-refractivity contribution >= 4 is 5.84 Å². The van der Waals surface area contributed by atoms with Crippen LogP contribution in [0, 0.1) is 0 Å². The van der Waals surface area contributed by atoms with Crippen LogP contribution in [0.2, 0.25) is 0 Å². The highest BCUT2D eigenvalue weighted by Gasteiger charge is 2.30. The van der Waals surface area contributed by atoms with E-state index in [2.05, 4.69) is 10.3 Å². The average Bonchev–Trinajstić information content (AvgIpc) is 2.96. The molecule has 0 atom stereocenters. The zero-order valence-electron chi connectivity index (χ0n) is 13.0. The number of alkyl halides is 3. The molecule has 0 bridgehead atoms. The van der Waals surface area contributed by atoms with Gasteiger partial charge in [0.15, 0.2) is 5.84 Å². The minimum Gasteiger partial charge on any atom is -0.493 e. The molecule has 6 nitrogen and oxygen atoms in total. The van der Waals surface area contributed by atoms with E-state index in [1.165, 1.54) is 12.1 Å². The lowest BCUT2D eigenvalue weighted by Crippen LogP contribution is -2.13. The smallest absolute Gasteiger partial charge is 0.416 e. The molecule has 0 radical (unpaired) electrons. The van der Waals surface area contributed by atoms with Gasteiger partial charge in [0.1, 0.15) is 12.4 Å².